The summed E-state index contributed by atoms with van der Waals surface area (Å²) in [6, 6.07) is 16.4. The van der Waals surface area contributed by atoms with Gasteiger partial charge in [-0.05, 0) is 48.0 Å². The quantitative estimate of drug-likeness (QED) is 0.554. The van der Waals surface area contributed by atoms with Crippen LogP contribution in [0, 0.1) is 11.6 Å². The fraction of sp³-hybridized carbons (Fsp3) is 0.0909. The van der Waals surface area contributed by atoms with Crippen LogP contribution < -0.4 is 14.8 Å². The molecular formula is C22H18ClF2NO4. The number of hydrogen-bond acceptors (Lipinski definition) is 4. The molecule has 1 N–H and O–H groups in total. The zero-order valence-corrected chi connectivity index (χ0v) is 16.9. The second-order valence-corrected chi connectivity index (χ2v) is 6.07. The van der Waals surface area contributed by atoms with E-state index in [9.17, 15) is 18.4 Å². The molecule has 3 aromatic carbocycles. The van der Waals surface area contributed by atoms with Gasteiger partial charge in [-0.15, -0.1) is 0 Å². The van der Waals surface area contributed by atoms with Crippen LogP contribution in [0.1, 0.15) is 20.7 Å². The highest BCUT2D eigenvalue weighted by Crippen LogP contribution is 2.34. The van der Waals surface area contributed by atoms with Gasteiger partial charge in [0.15, 0.2) is 0 Å². The maximum Gasteiger partial charge on any atom is 0.258 e. The predicted molar refractivity (Wildman–Crippen MR) is 110 cm³/mol. The van der Waals surface area contributed by atoms with E-state index in [1.807, 2.05) is 0 Å². The van der Waals surface area contributed by atoms with Gasteiger partial charge in [-0.2, -0.15) is 0 Å². The fourth-order valence-electron chi connectivity index (χ4n) is 2.42. The third-order valence-electron chi connectivity index (χ3n) is 3.87. The van der Waals surface area contributed by atoms with E-state index in [2.05, 4.69) is 5.32 Å². The Balaban J connectivity index is 0.000000269. The first-order valence-electron chi connectivity index (χ1n) is 8.60. The maximum atomic E-state index is 13.6. The monoisotopic (exact) mass is 433 g/mol. The number of ether oxygens (including phenoxy) is 2. The van der Waals surface area contributed by atoms with E-state index in [1.54, 1.807) is 30.3 Å². The van der Waals surface area contributed by atoms with Gasteiger partial charge in [0, 0.05) is 0 Å². The molecule has 0 heterocycles. The van der Waals surface area contributed by atoms with Crippen LogP contribution in [0.2, 0.25) is 0 Å². The number of anilines is 1. The summed E-state index contributed by atoms with van der Waals surface area (Å²) in [5, 5.41) is 1.84. The van der Waals surface area contributed by atoms with Gasteiger partial charge in [0.2, 0.25) is 0 Å². The first kappa shape index (κ1) is 22.8. The van der Waals surface area contributed by atoms with Gasteiger partial charge in [-0.1, -0.05) is 30.3 Å². The average molecular weight is 434 g/mol. The van der Waals surface area contributed by atoms with Crippen molar-refractivity contribution >= 4 is 28.4 Å². The van der Waals surface area contributed by atoms with E-state index in [4.69, 9.17) is 21.1 Å². The van der Waals surface area contributed by atoms with Crippen molar-refractivity contribution in [2.24, 2.45) is 0 Å². The highest BCUT2D eigenvalue weighted by Gasteiger charge is 2.16. The summed E-state index contributed by atoms with van der Waals surface area (Å²) < 4.78 is 36.5. The minimum absolute atomic E-state index is 0.0412. The number of carbonyl (C=O) groups is 2. The Morgan fingerprint density at radius 1 is 0.767 bits per heavy atom. The van der Waals surface area contributed by atoms with E-state index < -0.39 is 22.8 Å². The van der Waals surface area contributed by atoms with Crippen molar-refractivity contribution in [3.05, 3.63) is 89.5 Å². The topological polar surface area (TPSA) is 64.6 Å². The van der Waals surface area contributed by atoms with Crippen molar-refractivity contribution in [2.45, 2.75) is 0 Å². The summed E-state index contributed by atoms with van der Waals surface area (Å²) in [7, 11) is 2.96. The molecule has 0 saturated heterocycles. The molecule has 0 saturated carbocycles. The average Bonchev–Trinajstić information content (AvgIpc) is 2.74. The van der Waals surface area contributed by atoms with Crippen molar-refractivity contribution in [1.82, 2.24) is 0 Å². The highest BCUT2D eigenvalue weighted by molar-refractivity contribution is 6.67. The Morgan fingerprint density at radius 3 is 1.63 bits per heavy atom. The zero-order chi connectivity index (χ0) is 22.1. The first-order chi connectivity index (χ1) is 14.4. The normalized spacial score (nSPS) is 9.77. The Bertz CT molecular complexity index is 1020. The van der Waals surface area contributed by atoms with Crippen molar-refractivity contribution in [3.8, 4) is 11.5 Å². The molecule has 0 radical (unpaired) electrons. The number of halogens is 3. The van der Waals surface area contributed by atoms with Crippen LogP contribution >= 0.6 is 11.6 Å². The molecular weight excluding hydrogens is 416 g/mol. The lowest BCUT2D eigenvalue weighted by Gasteiger charge is -2.14. The molecule has 0 fully saturated rings. The number of methoxy groups -OCH3 is 2. The van der Waals surface area contributed by atoms with Crippen LogP contribution in [0.25, 0.3) is 0 Å². The molecule has 0 bridgehead atoms. The summed E-state index contributed by atoms with van der Waals surface area (Å²) in [6.07, 6.45) is 0. The molecule has 3 rings (SSSR count). The molecule has 0 aromatic heterocycles. The summed E-state index contributed by atoms with van der Waals surface area (Å²) in [5.74, 6) is -0.852. The van der Waals surface area contributed by atoms with Crippen LogP contribution in [0.3, 0.4) is 0 Å². The number of carbonyl (C=O) groups excluding carboxylic acids is 2. The van der Waals surface area contributed by atoms with Crippen molar-refractivity contribution in [2.75, 3.05) is 19.5 Å². The van der Waals surface area contributed by atoms with Crippen LogP contribution in [0.15, 0.2) is 66.7 Å². The molecule has 0 spiro atoms. The summed E-state index contributed by atoms with van der Waals surface area (Å²) in [5.41, 5.74) is 0.246. The summed E-state index contributed by atoms with van der Waals surface area (Å²) in [6.45, 7) is 0. The Labute approximate surface area is 177 Å². The molecule has 0 unspecified atom stereocenters. The summed E-state index contributed by atoms with van der Waals surface area (Å²) in [4.78, 5) is 22.5. The molecule has 3 aromatic rings. The van der Waals surface area contributed by atoms with Crippen LogP contribution in [0.5, 0.6) is 11.5 Å². The van der Waals surface area contributed by atoms with Gasteiger partial charge >= 0.3 is 0 Å². The molecule has 5 nitrogen and oxygen atoms in total. The van der Waals surface area contributed by atoms with Gasteiger partial charge in [0.1, 0.15) is 28.8 Å². The number of amides is 1. The van der Waals surface area contributed by atoms with Gasteiger partial charge < -0.3 is 14.8 Å². The van der Waals surface area contributed by atoms with Crippen LogP contribution in [-0.2, 0) is 0 Å². The maximum absolute atomic E-state index is 13.6. The Kier molecular flexibility index (Phi) is 8.31. The van der Waals surface area contributed by atoms with Crippen LogP contribution in [-0.4, -0.2) is 25.4 Å². The number of nitrogens with one attached hydrogen (secondary N) is 1. The van der Waals surface area contributed by atoms with E-state index in [0.717, 1.165) is 0 Å². The molecule has 0 aliphatic carbocycles. The van der Waals surface area contributed by atoms with Gasteiger partial charge in [0.25, 0.3) is 11.1 Å². The molecule has 1 amide bonds. The molecule has 156 valence electrons. The smallest absolute Gasteiger partial charge is 0.258 e. The minimum atomic E-state index is -0.766. The lowest BCUT2D eigenvalue weighted by Crippen LogP contribution is -2.15. The molecule has 8 heteroatoms. The van der Waals surface area contributed by atoms with Gasteiger partial charge in [-0.25, -0.2) is 8.78 Å². The minimum Gasteiger partial charge on any atom is -0.494 e. The number of benzene rings is 3. The number of rotatable bonds is 5. The SMILES string of the molecule is COc1cccc(OC)c1NC(=O)c1ccccc1F.O=C(Cl)c1ccccc1F. The van der Waals surface area contributed by atoms with E-state index >= 15 is 0 Å². The number of hydrogen-bond donors (Lipinski definition) is 1. The van der Waals surface area contributed by atoms with E-state index in [-0.39, 0.29) is 11.1 Å². The molecule has 30 heavy (non-hydrogen) atoms. The fourth-order valence-corrected chi connectivity index (χ4v) is 2.57. The molecule has 0 atom stereocenters. The van der Waals surface area contributed by atoms with Crippen LogP contribution in [0.4, 0.5) is 14.5 Å². The summed E-state index contributed by atoms with van der Waals surface area (Å²) >= 11 is 5.03. The predicted octanol–water partition coefficient (Wildman–Crippen LogP) is 5.30. The second-order valence-electron chi connectivity index (χ2n) is 5.73. The van der Waals surface area contributed by atoms with E-state index in [1.165, 1.54) is 50.6 Å². The Hall–Kier alpha value is -3.45. The first-order valence-corrected chi connectivity index (χ1v) is 8.98. The largest absolute Gasteiger partial charge is 0.494 e. The van der Waals surface area contributed by atoms with Crippen molar-refractivity contribution in [3.63, 3.8) is 0 Å². The second kappa shape index (κ2) is 10.9. The van der Waals surface area contributed by atoms with Crippen molar-refractivity contribution in [1.29, 1.82) is 0 Å². The zero-order valence-electron chi connectivity index (χ0n) is 16.1. The third kappa shape index (κ3) is 5.78. The lowest BCUT2D eigenvalue weighted by molar-refractivity contribution is 0.102. The Morgan fingerprint density at radius 2 is 1.23 bits per heavy atom. The standard InChI is InChI=1S/C15H14FNO3.C7H4ClFO/c1-19-12-8-5-9-13(20-2)14(12)17-15(18)10-6-3-4-7-11(10)16;8-7(10)5-3-1-2-4-6(5)9/h3-9H,1-2H3,(H,17,18);1-4H. The van der Waals surface area contributed by atoms with E-state index in [0.29, 0.717) is 17.2 Å². The number of para-hydroxylation sites is 1. The lowest BCUT2D eigenvalue weighted by atomic mass is 10.2. The van der Waals surface area contributed by atoms with Gasteiger partial charge in [0.05, 0.1) is 25.3 Å². The highest BCUT2D eigenvalue weighted by atomic mass is 35.5. The van der Waals surface area contributed by atoms with Crippen molar-refractivity contribution < 1.29 is 27.8 Å². The molecule has 0 aliphatic heterocycles. The molecule has 0 aliphatic rings. The van der Waals surface area contributed by atoms with Gasteiger partial charge in [-0.3, -0.25) is 9.59 Å². The third-order valence-corrected chi connectivity index (χ3v) is 4.07.